The Morgan fingerprint density at radius 2 is 2.00 bits per heavy atom. The molecule has 0 bridgehead atoms. The van der Waals surface area contributed by atoms with E-state index in [2.05, 4.69) is 10.1 Å². The van der Waals surface area contributed by atoms with Crippen LogP contribution in [-0.4, -0.2) is 38.4 Å². The van der Waals surface area contributed by atoms with E-state index in [1.807, 2.05) is 0 Å². The number of alkyl halides is 3. The second-order valence-corrected chi connectivity index (χ2v) is 2.99. The van der Waals surface area contributed by atoms with E-state index in [1.165, 1.54) is 0 Å². The topological polar surface area (TPSA) is 64.4 Å². The second kappa shape index (κ2) is 7.47. The Hall–Kier alpha value is -0.820. The second-order valence-electron chi connectivity index (χ2n) is 2.99. The lowest BCUT2D eigenvalue weighted by molar-refractivity contribution is -0.173. The van der Waals surface area contributed by atoms with E-state index >= 15 is 0 Å². The zero-order valence-corrected chi connectivity index (χ0v) is 8.27. The summed E-state index contributed by atoms with van der Waals surface area (Å²) in [7, 11) is 0. The zero-order valence-electron chi connectivity index (χ0n) is 8.27. The van der Waals surface area contributed by atoms with Crippen LogP contribution < -0.4 is 11.1 Å². The van der Waals surface area contributed by atoms with Gasteiger partial charge in [0.05, 0.1) is 0 Å². The first-order chi connectivity index (χ1) is 6.92. The van der Waals surface area contributed by atoms with Crippen LogP contribution in [0.2, 0.25) is 0 Å². The van der Waals surface area contributed by atoms with Crippen molar-refractivity contribution in [3.8, 4) is 0 Å². The summed E-state index contributed by atoms with van der Waals surface area (Å²) < 4.78 is 39.1. The van der Waals surface area contributed by atoms with E-state index in [-0.39, 0.29) is 13.0 Å². The van der Waals surface area contributed by atoms with E-state index in [4.69, 9.17) is 5.73 Å². The molecule has 0 radical (unpaired) electrons. The smallest absolute Gasteiger partial charge is 0.372 e. The zero-order chi connectivity index (χ0) is 11.7. The molecule has 0 saturated carbocycles. The van der Waals surface area contributed by atoms with Crippen molar-refractivity contribution in [3.05, 3.63) is 0 Å². The predicted octanol–water partition coefficient (Wildman–Crippen LogP) is 0.420. The molecule has 1 amide bonds. The molecule has 0 saturated heterocycles. The molecule has 0 heterocycles. The summed E-state index contributed by atoms with van der Waals surface area (Å²) in [5.74, 6) is -0.407. The number of halogens is 3. The summed E-state index contributed by atoms with van der Waals surface area (Å²) >= 11 is 0. The van der Waals surface area contributed by atoms with Crippen LogP contribution >= 0.6 is 0 Å². The van der Waals surface area contributed by atoms with Gasteiger partial charge in [-0.2, -0.15) is 13.2 Å². The van der Waals surface area contributed by atoms with Gasteiger partial charge in [-0.05, 0) is 13.0 Å². The molecule has 3 N–H and O–H groups in total. The number of carbonyl (C=O) groups is 1. The molecule has 0 aliphatic carbocycles. The Labute approximate surface area is 86.0 Å². The third kappa shape index (κ3) is 13.2. The van der Waals surface area contributed by atoms with Crippen molar-refractivity contribution in [2.45, 2.75) is 19.0 Å². The van der Waals surface area contributed by atoms with Crippen LogP contribution in [0.1, 0.15) is 12.8 Å². The molecule has 0 aromatic heterocycles. The van der Waals surface area contributed by atoms with Gasteiger partial charge < -0.3 is 15.8 Å². The monoisotopic (exact) mass is 228 g/mol. The molecule has 15 heavy (non-hydrogen) atoms. The molecule has 0 aliphatic heterocycles. The third-order valence-corrected chi connectivity index (χ3v) is 1.46. The minimum absolute atomic E-state index is 0.0447. The van der Waals surface area contributed by atoms with Crippen molar-refractivity contribution in [2.24, 2.45) is 5.73 Å². The van der Waals surface area contributed by atoms with Crippen LogP contribution in [0.15, 0.2) is 0 Å². The largest absolute Gasteiger partial charge is 0.411 e. The Bertz CT molecular complexity index is 185. The number of carbonyl (C=O) groups excluding carboxylic acids is 1. The molecule has 0 rings (SSSR count). The Kier molecular flexibility index (Phi) is 7.06. The van der Waals surface area contributed by atoms with Crippen LogP contribution in [0.4, 0.5) is 13.2 Å². The average Bonchev–Trinajstić information content (AvgIpc) is 2.07. The summed E-state index contributed by atoms with van der Waals surface area (Å²) in [5.41, 5.74) is 4.87. The lowest BCUT2D eigenvalue weighted by Crippen LogP contribution is -2.24. The standard InChI is InChI=1S/C8H15F3N2O2/c9-8(10,11)6-15-5-1-3-13-4-2-7(12)14/h13H,1-6H2,(H2,12,14). The normalized spacial score (nSPS) is 11.7. The van der Waals surface area contributed by atoms with E-state index in [0.29, 0.717) is 19.5 Å². The molecule has 4 nitrogen and oxygen atoms in total. The number of hydrogen-bond acceptors (Lipinski definition) is 3. The minimum atomic E-state index is -4.26. The van der Waals surface area contributed by atoms with Gasteiger partial charge in [0.1, 0.15) is 6.61 Å². The minimum Gasteiger partial charge on any atom is -0.372 e. The van der Waals surface area contributed by atoms with Crippen LogP contribution in [0.25, 0.3) is 0 Å². The highest BCUT2D eigenvalue weighted by molar-refractivity contribution is 5.73. The first kappa shape index (κ1) is 14.2. The molecule has 7 heteroatoms. The Morgan fingerprint density at radius 1 is 1.33 bits per heavy atom. The third-order valence-electron chi connectivity index (χ3n) is 1.46. The molecule has 0 aromatic carbocycles. The summed E-state index contributed by atoms with van der Waals surface area (Å²) in [6.45, 7) is -0.225. The van der Waals surface area contributed by atoms with Gasteiger partial charge in [-0.3, -0.25) is 4.79 Å². The molecule has 0 atom stereocenters. The quantitative estimate of drug-likeness (QED) is 0.592. The number of nitrogens with two attached hydrogens (primary N) is 1. The van der Waals surface area contributed by atoms with E-state index < -0.39 is 18.7 Å². The van der Waals surface area contributed by atoms with Gasteiger partial charge in [0.25, 0.3) is 0 Å². The van der Waals surface area contributed by atoms with Gasteiger partial charge in [0.15, 0.2) is 0 Å². The average molecular weight is 228 g/mol. The lowest BCUT2D eigenvalue weighted by atomic mass is 10.4. The molecule has 0 aromatic rings. The van der Waals surface area contributed by atoms with Crippen LogP contribution in [0.3, 0.4) is 0 Å². The molecule has 0 fully saturated rings. The number of hydrogen-bond donors (Lipinski definition) is 2. The van der Waals surface area contributed by atoms with Crippen molar-refractivity contribution in [1.82, 2.24) is 5.32 Å². The number of amides is 1. The lowest BCUT2D eigenvalue weighted by Gasteiger charge is -2.07. The van der Waals surface area contributed by atoms with Crippen molar-refractivity contribution < 1.29 is 22.7 Å². The fourth-order valence-electron chi connectivity index (χ4n) is 0.824. The predicted molar refractivity (Wildman–Crippen MR) is 48.2 cm³/mol. The maximum Gasteiger partial charge on any atom is 0.411 e. The van der Waals surface area contributed by atoms with E-state index in [0.717, 1.165) is 0 Å². The first-order valence-electron chi connectivity index (χ1n) is 4.55. The highest BCUT2D eigenvalue weighted by atomic mass is 19.4. The highest BCUT2D eigenvalue weighted by Gasteiger charge is 2.26. The van der Waals surface area contributed by atoms with Crippen molar-refractivity contribution >= 4 is 5.91 Å². The van der Waals surface area contributed by atoms with Crippen LogP contribution in [-0.2, 0) is 9.53 Å². The first-order valence-corrected chi connectivity index (χ1v) is 4.55. The summed E-state index contributed by atoms with van der Waals surface area (Å²) in [6.07, 6.45) is -3.57. The Morgan fingerprint density at radius 3 is 2.53 bits per heavy atom. The number of rotatable bonds is 8. The van der Waals surface area contributed by atoms with Crippen molar-refractivity contribution in [2.75, 3.05) is 26.3 Å². The molecule has 0 unspecified atom stereocenters. The molecular weight excluding hydrogens is 213 g/mol. The van der Waals surface area contributed by atoms with Gasteiger partial charge in [-0.15, -0.1) is 0 Å². The highest BCUT2D eigenvalue weighted by Crippen LogP contribution is 2.14. The van der Waals surface area contributed by atoms with Gasteiger partial charge in [0.2, 0.25) is 5.91 Å². The van der Waals surface area contributed by atoms with E-state index in [1.54, 1.807) is 0 Å². The van der Waals surface area contributed by atoms with Gasteiger partial charge in [-0.1, -0.05) is 0 Å². The van der Waals surface area contributed by atoms with Crippen molar-refractivity contribution in [1.29, 1.82) is 0 Å². The van der Waals surface area contributed by atoms with E-state index in [9.17, 15) is 18.0 Å². The van der Waals surface area contributed by atoms with Crippen LogP contribution in [0, 0.1) is 0 Å². The number of nitrogens with one attached hydrogen (secondary N) is 1. The van der Waals surface area contributed by atoms with Gasteiger partial charge in [0, 0.05) is 19.6 Å². The summed E-state index contributed by atoms with van der Waals surface area (Å²) in [5, 5.41) is 2.85. The molecule has 0 spiro atoms. The number of primary amides is 1. The maximum atomic E-state index is 11.6. The van der Waals surface area contributed by atoms with Gasteiger partial charge in [-0.25, -0.2) is 0 Å². The van der Waals surface area contributed by atoms with Gasteiger partial charge >= 0.3 is 6.18 Å². The summed E-state index contributed by atoms with van der Waals surface area (Å²) in [6, 6.07) is 0. The fourth-order valence-corrected chi connectivity index (χ4v) is 0.824. The number of ether oxygens (including phenoxy) is 1. The fraction of sp³-hybridized carbons (Fsp3) is 0.875. The molecular formula is C8H15F3N2O2. The summed E-state index contributed by atoms with van der Waals surface area (Å²) in [4.78, 5) is 10.3. The molecule has 90 valence electrons. The van der Waals surface area contributed by atoms with Crippen molar-refractivity contribution in [3.63, 3.8) is 0 Å². The SMILES string of the molecule is NC(=O)CCNCCCOCC(F)(F)F. The maximum absolute atomic E-state index is 11.6. The van der Waals surface area contributed by atoms with Crippen LogP contribution in [0.5, 0.6) is 0 Å². The Balaban J connectivity index is 3.09. The molecule has 0 aliphatic rings.